The Bertz CT molecular complexity index is 283. The van der Waals surface area contributed by atoms with E-state index in [2.05, 4.69) is 26.1 Å². The SMILES string of the molecule is CCCOCC(NCC)c1ccc(CC)o1. The average molecular weight is 225 g/mol. The molecular formula is C13H23NO2. The highest BCUT2D eigenvalue weighted by molar-refractivity contribution is 5.10. The predicted molar refractivity (Wildman–Crippen MR) is 65.6 cm³/mol. The van der Waals surface area contributed by atoms with Gasteiger partial charge in [0.25, 0.3) is 0 Å². The number of nitrogens with one attached hydrogen (secondary N) is 1. The van der Waals surface area contributed by atoms with Crippen molar-refractivity contribution in [2.45, 2.75) is 39.7 Å². The lowest BCUT2D eigenvalue weighted by Crippen LogP contribution is -2.25. The number of ether oxygens (including phenoxy) is 1. The maximum absolute atomic E-state index is 5.74. The molecule has 0 aromatic carbocycles. The van der Waals surface area contributed by atoms with Crippen molar-refractivity contribution in [3.8, 4) is 0 Å². The summed E-state index contributed by atoms with van der Waals surface area (Å²) >= 11 is 0. The predicted octanol–water partition coefficient (Wildman–Crippen LogP) is 2.92. The van der Waals surface area contributed by atoms with E-state index < -0.39 is 0 Å². The van der Waals surface area contributed by atoms with Gasteiger partial charge in [-0.3, -0.25) is 0 Å². The molecule has 0 saturated heterocycles. The molecule has 92 valence electrons. The van der Waals surface area contributed by atoms with Gasteiger partial charge < -0.3 is 14.5 Å². The summed E-state index contributed by atoms with van der Waals surface area (Å²) in [6.45, 7) is 8.71. The molecule has 0 aliphatic carbocycles. The van der Waals surface area contributed by atoms with Gasteiger partial charge >= 0.3 is 0 Å². The number of rotatable bonds is 8. The highest BCUT2D eigenvalue weighted by Crippen LogP contribution is 2.17. The fourth-order valence-electron chi connectivity index (χ4n) is 1.61. The average Bonchev–Trinajstić information content (AvgIpc) is 2.76. The van der Waals surface area contributed by atoms with Crippen LogP contribution in [-0.4, -0.2) is 19.8 Å². The van der Waals surface area contributed by atoms with Crippen molar-refractivity contribution >= 4 is 0 Å². The third-order valence-corrected chi connectivity index (χ3v) is 2.46. The quantitative estimate of drug-likeness (QED) is 0.691. The maximum Gasteiger partial charge on any atom is 0.123 e. The van der Waals surface area contributed by atoms with Gasteiger partial charge in [-0.05, 0) is 25.1 Å². The molecular weight excluding hydrogens is 202 g/mol. The Hall–Kier alpha value is -0.800. The van der Waals surface area contributed by atoms with Crippen LogP contribution in [-0.2, 0) is 11.2 Å². The second-order valence-electron chi connectivity index (χ2n) is 3.84. The van der Waals surface area contributed by atoms with Crippen molar-refractivity contribution in [3.63, 3.8) is 0 Å². The zero-order valence-electron chi connectivity index (χ0n) is 10.6. The first-order valence-corrected chi connectivity index (χ1v) is 6.21. The van der Waals surface area contributed by atoms with Gasteiger partial charge in [0.05, 0.1) is 12.6 Å². The summed E-state index contributed by atoms with van der Waals surface area (Å²) in [5.41, 5.74) is 0. The summed E-state index contributed by atoms with van der Waals surface area (Å²) in [7, 11) is 0. The van der Waals surface area contributed by atoms with E-state index in [-0.39, 0.29) is 6.04 Å². The molecule has 0 bridgehead atoms. The largest absolute Gasteiger partial charge is 0.464 e. The van der Waals surface area contributed by atoms with Gasteiger partial charge in [0.15, 0.2) is 0 Å². The fourth-order valence-corrected chi connectivity index (χ4v) is 1.61. The molecule has 0 radical (unpaired) electrons. The van der Waals surface area contributed by atoms with Crippen molar-refractivity contribution in [1.29, 1.82) is 0 Å². The second kappa shape index (κ2) is 7.47. The van der Waals surface area contributed by atoms with E-state index in [1.807, 2.05) is 12.1 Å². The van der Waals surface area contributed by atoms with Gasteiger partial charge in [-0.2, -0.15) is 0 Å². The van der Waals surface area contributed by atoms with Crippen molar-refractivity contribution in [2.75, 3.05) is 19.8 Å². The Morgan fingerprint density at radius 2 is 2.12 bits per heavy atom. The molecule has 1 aromatic rings. The summed E-state index contributed by atoms with van der Waals surface area (Å²) in [5, 5.41) is 3.38. The zero-order chi connectivity index (χ0) is 11.8. The highest BCUT2D eigenvalue weighted by Gasteiger charge is 2.14. The van der Waals surface area contributed by atoms with Crippen LogP contribution in [0.3, 0.4) is 0 Å². The number of aryl methyl sites for hydroxylation is 1. The standard InChI is InChI=1S/C13H23NO2/c1-4-9-15-10-12(14-6-3)13-8-7-11(5-2)16-13/h7-8,12,14H,4-6,9-10H2,1-3H3. The van der Waals surface area contributed by atoms with Crippen LogP contribution >= 0.6 is 0 Å². The number of hydrogen-bond donors (Lipinski definition) is 1. The molecule has 0 spiro atoms. The molecule has 1 N–H and O–H groups in total. The van der Waals surface area contributed by atoms with Crippen molar-refractivity contribution < 1.29 is 9.15 Å². The monoisotopic (exact) mass is 225 g/mol. The molecule has 16 heavy (non-hydrogen) atoms. The van der Waals surface area contributed by atoms with Gasteiger partial charge in [0.1, 0.15) is 11.5 Å². The lowest BCUT2D eigenvalue weighted by atomic mass is 10.2. The van der Waals surface area contributed by atoms with Crippen LogP contribution in [0.2, 0.25) is 0 Å². The molecule has 1 atom stereocenters. The number of hydrogen-bond acceptors (Lipinski definition) is 3. The van der Waals surface area contributed by atoms with E-state index in [9.17, 15) is 0 Å². The second-order valence-corrected chi connectivity index (χ2v) is 3.84. The Kier molecular flexibility index (Phi) is 6.19. The van der Waals surface area contributed by atoms with Crippen LogP contribution in [0.5, 0.6) is 0 Å². The Labute approximate surface area is 98.2 Å². The van der Waals surface area contributed by atoms with Gasteiger partial charge in [-0.1, -0.05) is 20.8 Å². The molecule has 0 aliphatic rings. The molecule has 0 saturated carbocycles. The minimum atomic E-state index is 0.178. The topological polar surface area (TPSA) is 34.4 Å². The molecule has 3 heteroatoms. The molecule has 0 aliphatic heterocycles. The molecule has 0 amide bonds. The lowest BCUT2D eigenvalue weighted by Gasteiger charge is -2.15. The normalized spacial score (nSPS) is 12.9. The van der Waals surface area contributed by atoms with E-state index >= 15 is 0 Å². The third-order valence-electron chi connectivity index (χ3n) is 2.46. The van der Waals surface area contributed by atoms with Crippen LogP contribution in [0.25, 0.3) is 0 Å². The van der Waals surface area contributed by atoms with E-state index in [4.69, 9.17) is 9.15 Å². The van der Waals surface area contributed by atoms with Crippen LogP contribution in [0, 0.1) is 0 Å². The first-order chi connectivity index (χ1) is 7.81. The molecule has 0 fully saturated rings. The first-order valence-electron chi connectivity index (χ1n) is 6.21. The minimum Gasteiger partial charge on any atom is -0.464 e. The Morgan fingerprint density at radius 3 is 2.69 bits per heavy atom. The number of furan rings is 1. The first kappa shape index (κ1) is 13.3. The van der Waals surface area contributed by atoms with E-state index in [0.29, 0.717) is 6.61 Å². The fraction of sp³-hybridized carbons (Fsp3) is 0.692. The van der Waals surface area contributed by atoms with Gasteiger partial charge in [0.2, 0.25) is 0 Å². The lowest BCUT2D eigenvalue weighted by molar-refractivity contribution is 0.106. The van der Waals surface area contributed by atoms with Crippen LogP contribution in [0.15, 0.2) is 16.5 Å². The van der Waals surface area contributed by atoms with Crippen molar-refractivity contribution in [2.24, 2.45) is 0 Å². The van der Waals surface area contributed by atoms with E-state index in [1.165, 1.54) is 0 Å². The van der Waals surface area contributed by atoms with Crippen LogP contribution in [0.1, 0.15) is 44.8 Å². The number of likely N-dealkylation sites (N-methyl/N-ethyl adjacent to an activating group) is 1. The summed E-state index contributed by atoms with van der Waals surface area (Å²) in [6, 6.07) is 4.26. The summed E-state index contributed by atoms with van der Waals surface area (Å²) in [6.07, 6.45) is 1.99. The Balaban J connectivity index is 2.54. The van der Waals surface area contributed by atoms with Gasteiger partial charge in [-0.25, -0.2) is 0 Å². The minimum absolute atomic E-state index is 0.178. The van der Waals surface area contributed by atoms with Crippen molar-refractivity contribution in [1.82, 2.24) is 5.32 Å². The van der Waals surface area contributed by atoms with Crippen LogP contribution in [0.4, 0.5) is 0 Å². The summed E-state index contributed by atoms with van der Waals surface area (Å²) in [5.74, 6) is 2.02. The third kappa shape index (κ3) is 3.99. The van der Waals surface area contributed by atoms with E-state index in [1.54, 1.807) is 0 Å². The molecule has 1 rings (SSSR count). The molecule has 3 nitrogen and oxygen atoms in total. The van der Waals surface area contributed by atoms with Gasteiger partial charge in [0, 0.05) is 13.0 Å². The van der Waals surface area contributed by atoms with Crippen LogP contribution < -0.4 is 5.32 Å². The molecule has 1 unspecified atom stereocenters. The summed E-state index contributed by atoms with van der Waals surface area (Å²) < 4.78 is 11.3. The molecule has 1 heterocycles. The Morgan fingerprint density at radius 1 is 1.31 bits per heavy atom. The van der Waals surface area contributed by atoms with Gasteiger partial charge in [-0.15, -0.1) is 0 Å². The highest BCUT2D eigenvalue weighted by atomic mass is 16.5. The summed E-state index contributed by atoms with van der Waals surface area (Å²) in [4.78, 5) is 0. The zero-order valence-corrected chi connectivity index (χ0v) is 10.6. The van der Waals surface area contributed by atoms with Crippen molar-refractivity contribution in [3.05, 3.63) is 23.7 Å². The molecule has 1 aromatic heterocycles. The smallest absolute Gasteiger partial charge is 0.123 e. The maximum atomic E-state index is 5.74. The van der Waals surface area contributed by atoms with E-state index in [0.717, 1.165) is 37.5 Å².